The van der Waals surface area contributed by atoms with Crippen LogP contribution in [-0.4, -0.2) is 30.9 Å². The molecule has 1 saturated heterocycles. The molecular weight excluding hydrogens is 224 g/mol. The monoisotopic (exact) mass is 236 g/mol. The molecule has 0 atom stereocenters. The van der Waals surface area contributed by atoms with E-state index < -0.39 is 0 Å². The van der Waals surface area contributed by atoms with Crippen LogP contribution in [0.2, 0.25) is 0 Å². The first-order chi connectivity index (χ1) is 8.25. The molecule has 2 aliphatic rings. The molecule has 1 aromatic carbocycles. The molecule has 0 aliphatic carbocycles. The number of anilines is 1. The number of nitrogens with zero attached hydrogens (tertiary/aromatic N) is 1. The van der Waals surface area contributed by atoms with Crippen LogP contribution in [0.5, 0.6) is 11.5 Å². The van der Waals surface area contributed by atoms with E-state index in [0.29, 0.717) is 35.9 Å². The van der Waals surface area contributed by atoms with Crippen LogP contribution in [0.3, 0.4) is 0 Å². The Morgan fingerprint density at radius 1 is 1.29 bits per heavy atom. The van der Waals surface area contributed by atoms with E-state index in [4.69, 9.17) is 20.0 Å². The zero-order chi connectivity index (χ0) is 11.8. The number of hydrogen-bond acceptors (Lipinski definition) is 5. The van der Waals surface area contributed by atoms with E-state index in [9.17, 15) is 4.79 Å². The molecule has 3 rings (SSSR count). The maximum atomic E-state index is 12.1. The Morgan fingerprint density at radius 3 is 2.76 bits per heavy atom. The molecule has 0 spiro atoms. The van der Waals surface area contributed by atoms with Crippen molar-refractivity contribution in [2.24, 2.45) is 0 Å². The molecule has 6 nitrogen and oxygen atoms in total. The zero-order valence-corrected chi connectivity index (χ0v) is 9.14. The molecule has 1 amide bonds. The minimum Gasteiger partial charge on any atom is -0.454 e. The molecule has 1 aromatic rings. The second-order valence-corrected chi connectivity index (χ2v) is 3.89. The molecule has 6 heteroatoms. The molecule has 0 unspecified atom stereocenters. The lowest BCUT2D eigenvalue weighted by Gasteiger charge is -2.15. The number of nitrogens with two attached hydrogens (primary N) is 1. The average molecular weight is 236 g/mol. The van der Waals surface area contributed by atoms with Gasteiger partial charge < -0.3 is 15.2 Å². The number of fused-ring (bicyclic) bond motifs is 1. The maximum Gasteiger partial charge on any atom is 0.279 e. The Balaban J connectivity index is 1.94. The molecule has 0 radical (unpaired) electrons. The first-order valence-corrected chi connectivity index (χ1v) is 5.39. The van der Waals surface area contributed by atoms with Gasteiger partial charge in [0.1, 0.15) is 0 Å². The Bertz CT molecular complexity index is 469. The van der Waals surface area contributed by atoms with E-state index in [-0.39, 0.29) is 12.7 Å². The second kappa shape index (κ2) is 3.81. The van der Waals surface area contributed by atoms with E-state index in [2.05, 4.69) is 0 Å². The summed E-state index contributed by atoms with van der Waals surface area (Å²) < 4.78 is 10.4. The van der Waals surface area contributed by atoms with Gasteiger partial charge in [0.25, 0.3) is 5.91 Å². The topological polar surface area (TPSA) is 74.0 Å². The van der Waals surface area contributed by atoms with E-state index >= 15 is 0 Å². The zero-order valence-electron chi connectivity index (χ0n) is 9.14. The van der Waals surface area contributed by atoms with Crippen LogP contribution in [0, 0.1) is 0 Å². The molecule has 0 saturated carbocycles. The number of nitrogen functional groups attached to an aromatic ring is 1. The highest BCUT2D eigenvalue weighted by molar-refractivity contribution is 5.99. The average Bonchev–Trinajstić information content (AvgIpc) is 2.97. The van der Waals surface area contributed by atoms with Crippen molar-refractivity contribution in [2.75, 3.05) is 25.7 Å². The molecule has 2 aliphatic heterocycles. The van der Waals surface area contributed by atoms with Gasteiger partial charge in [0.05, 0.1) is 18.7 Å². The first-order valence-electron chi connectivity index (χ1n) is 5.39. The molecule has 0 aromatic heterocycles. The van der Waals surface area contributed by atoms with Crippen LogP contribution >= 0.6 is 0 Å². The smallest absolute Gasteiger partial charge is 0.279 e. The van der Waals surface area contributed by atoms with Gasteiger partial charge in [-0.25, -0.2) is 5.06 Å². The molecule has 0 bridgehead atoms. The summed E-state index contributed by atoms with van der Waals surface area (Å²) in [5, 5.41) is 1.33. The largest absolute Gasteiger partial charge is 0.454 e. The summed E-state index contributed by atoms with van der Waals surface area (Å²) in [7, 11) is 0. The summed E-state index contributed by atoms with van der Waals surface area (Å²) in [6.45, 7) is 1.32. The summed E-state index contributed by atoms with van der Waals surface area (Å²) in [5.41, 5.74) is 6.58. The Kier molecular flexibility index (Phi) is 2.29. The molecule has 17 heavy (non-hydrogen) atoms. The van der Waals surface area contributed by atoms with E-state index in [0.717, 1.165) is 6.42 Å². The van der Waals surface area contributed by atoms with Crippen molar-refractivity contribution in [1.82, 2.24) is 5.06 Å². The van der Waals surface area contributed by atoms with Gasteiger partial charge in [-0.2, -0.15) is 0 Å². The van der Waals surface area contributed by atoms with Crippen molar-refractivity contribution in [1.29, 1.82) is 0 Å². The predicted molar refractivity (Wildman–Crippen MR) is 58.6 cm³/mol. The van der Waals surface area contributed by atoms with E-state index in [1.54, 1.807) is 12.1 Å². The van der Waals surface area contributed by atoms with Crippen LogP contribution in [0.1, 0.15) is 16.8 Å². The number of hydrogen-bond donors (Lipinski definition) is 1. The van der Waals surface area contributed by atoms with Crippen molar-refractivity contribution in [2.45, 2.75) is 6.42 Å². The fraction of sp³-hybridized carbons (Fsp3) is 0.364. The summed E-state index contributed by atoms with van der Waals surface area (Å²) in [5.74, 6) is 0.876. The number of carbonyl (C=O) groups excluding carboxylic acids is 1. The second-order valence-electron chi connectivity index (χ2n) is 3.89. The Morgan fingerprint density at radius 2 is 2.06 bits per heavy atom. The van der Waals surface area contributed by atoms with Crippen LogP contribution in [0.15, 0.2) is 12.1 Å². The Hall–Kier alpha value is -1.95. The lowest BCUT2D eigenvalue weighted by atomic mass is 10.1. The van der Waals surface area contributed by atoms with Gasteiger partial charge in [-0.1, -0.05) is 0 Å². The highest BCUT2D eigenvalue weighted by Crippen LogP contribution is 2.36. The third kappa shape index (κ3) is 1.66. The molecule has 2 heterocycles. The Labute approximate surface area is 97.8 Å². The van der Waals surface area contributed by atoms with Gasteiger partial charge in [-0.3, -0.25) is 9.63 Å². The van der Waals surface area contributed by atoms with Crippen molar-refractivity contribution >= 4 is 11.6 Å². The standard InChI is InChI=1S/C11H12N2O4/c12-8-5-10-9(15-6-16-10)4-7(8)11(14)13-2-1-3-17-13/h4-5H,1-3,6,12H2. The molecule has 90 valence electrons. The normalized spacial score (nSPS) is 17.5. The SMILES string of the molecule is Nc1cc2c(cc1C(=O)N1CCCO1)OCO2. The first kappa shape index (κ1) is 10.2. The number of ether oxygens (including phenoxy) is 2. The van der Waals surface area contributed by atoms with Crippen molar-refractivity contribution < 1.29 is 19.1 Å². The van der Waals surface area contributed by atoms with Gasteiger partial charge in [-0.05, 0) is 12.5 Å². The number of carbonyl (C=O) groups is 1. The van der Waals surface area contributed by atoms with Crippen LogP contribution in [-0.2, 0) is 4.84 Å². The van der Waals surface area contributed by atoms with Crippen LogP contribution in [0.25, 0.3) is 0 Å². The maximum absolute atomic E-state index is 12.1. The van der Waals surface area contributed by atoms with Gasteiger partial charge in [0.15, 0.2) is 11.5 Å². The predicted octanol–water partition coefficient (Wildman–Crippen LogP) is 0.775. The van der Waals surface area contributed by atoms with Gasteiger partial charge in [0, 0.05) is 11.8 Å². The number of benzene rings is 1. The minimum absolute atomic E-state index is 0.159. The van der Waals surface area contributed by atoms with Crippen molar-refractivity contribution in [3.8, 4) is 11.5 Å². The highest BCUT2D eigenvalue weighted by Gasteiger charge is 2.25. The third-order valence-corrected chi connectivity index (χ3v) is 2.75. The van der Waals surface area contributed by atoms with Crippen molar-refractivity contribution in [3.05, 3.63) is 17.7 Å². The lowest BCUT2D eigenvalue weighted by Crippen LogP contribution is -2.27. The summed E-state index contributed by atoms with van der Waals surface area (Å²) in [6, 6.07) is 3.20. The number of hydroxylamine groups is 2. The fourth-order valence-electron chi connectivity index (χ4n) is 1.88. The van der Waals surface area contributed by atoms with Gasteiger partial charge >= 0.3 is 0 Å². The van der Waals surface area contributed by atoms with Crippen molar-refractivity contribution in [3.63, 3.8) is 0 Å². The highest BCUT2D eigenvalue weighted by atomic mass is 16.7. The van der Waals surface area contributed by atoms with E-state index in [1.807, 2.05) is 0 Å². The molecular formula is C11H12N2O4. The third-order valence-electron chi connectivity index (χ3n) is 2.75. The van der Waals surface area contributed by atoms with Gasteiger partial charge in [-0.15, -0.1) is 0 Å². The fourth-order valence-corrected chi connectivity index (χ4v) is 1.88. The summed E-state index contributed by atoms with van der Waals surface area (Å²) in [4.78, 5) is 17.3. The molecule has 2 N–H and O–H groups in total. The quantitative estimate of drug-likeness (QED) is 0.729. The summed E-state index contributed by atoms with van der Waals surface area (Å²) >= 11 is 0. The number of rotatable bonds is 1. The van der Waals surface area contributed by atoms with E-state index in [1.165, 1.54) is 5.06 Å². The number of amides is 1. The molecule has 1 fully saturated rings. The minimum atomic E-state index is -0.238. The van der Waals surface area contributed by atoms with Crippen LogP contribution in [0.4, 0.5) is 5.69 Å². The van der Waals surface area contributed by atoms with Crippen LogP contribution < -0.4 is 15.2 Å². The summed E-state index contributed by atoms with van der Waals surface area (Å²) in [6.07, 6.45) is 0.843. The lowest BCUT2D eigenvalue weighted by molar-refractivity contribution is -0.0767. The van der Waals surface area contributed by atoms with Gasteiger partial charge in [0.2, 0.25) is 6.79 Å².